The van der Waals surface area contributed by atoms with Gasteiger partial charge in [0, 0.05) is 29.6 Å². The maximum atomic E-state index is 9.37. The molecular weight excluding hydrogens is 214 g/mol. The minimum absolute atomic E-state index is 0.203. The summed E-state index contributed by atoms with van der Waals surface area (Å²) in [6.07, 6.45) is 2.65. The van der Waals surface area contributed by atoms with Gasteiger partial charge in [0.15, 0.2) is 0 Å². The Morgan fingerprint density at radius 1 is 1.35 bits per heavy atom. The monoisotopic (exact) mass is 237 g/mol. The Bertz CT molecular complexity index is 375. The van der Waals surface area contributed by atoms with Crippen molar-refractivity contribution in [2.45, 2.75) is 34.1 Å². The fourth-order valence-electron chi connectivity index (χ4n) is 2.04. The third-order valence-corrected chi connectivity index (χ3v) is 3.38. The van der Waals surface area contributed by atoms with E-state index in [4.69, 9.17) is 4.74 Å². The van der Waals surface area contributed by atoms with Crippen molar-refractivity contribution in [1.29, 1.82) is 0 Å². The summed E-state index contributed by atoms with van der Waals surface area (Å²) in [4.78, 5) is 4.47. The Kier molecular flexibility index (Phi) is 4.94. The molecule has 0 aliphatic rings. The molecule has 1 heterocycles. The highest BCUT2D eigenvalue weighted by atomic mass is 16.5. The van der Waals surface area contributed by atoms with Crippen molar-refractivity contribution in [3.8, 4) is 5.75 Å². The molecule has 0 saturated heterocycles. The molecule has 0 saturated carbocycles. The number of methoxy groups -OCH3 is 1. The third-order valence-electron chi connectivity index (χ3n) is 3.38. The smallest absolute Gasteiger partial charge is 0.128 e. The van der Waals surface area contributed by atoms with E-state index in [0.29, 0.717) is 5.92 Å². The van der Waals surface area contributed by atoms with Crippen LogP contribution >= 0.6 is 0 Å². The number of aryl methyl sites for hydroxylation is 1. The average molecular weight is 237 g/mol. The van der Waals surface area contributed by atoms with Crippen LogP contribution in [0.4, 0.5) is 0 Å². The SMILES string of the molecule is COc1c(C)cnc(CC(CO)C(C)C)c1C. The average Bonchev–Trinajstić information content (AvgIpc) is 2.28. The molecule has 1 atom stereocenters. The topological polar surface area (TPSA) is 42.4 Å². The van der Waals surface area contributed by atoms with Crippen LogP contribution in [0.3, 0.4) is 0 Å². The molecule has 1 aromatic rings. The number of hydrogen-bond acceptors (Lipinski definition) is 3. The molecule has 3 nitrogen and oxygen atoms in total. The number of nitrogens with zero attached hydrogens (tertiary/aromatic N) is 1. The molecule has 17 heavy (non-hydrogen) atoms. The quantitative estimate of drug-likeness (QED) is 0.855. The zero-order valence-electron chi connectivity index (χ0n) is 11.4. The number of rotatable bonds is 5. The van der Waals surface area contributed by atoms with Crippen molar-refractivity contribution in [1.82, 2.24) is 4.98 Å². The lowest BCUT2D eigenvalue weighted by Crippen LogP contribution is -2.18. The summed E-state index contributed by atoms with van der Waals surface area (Å²) in [5, 5.41) is 9.37. The number of pyridine rings is 1. The summed E-state index contributed by atoms with van der Waals surface area (Å²) in [6, 6.07) is 0. The molecule has 1 aromatic heterocycles. The lowest BCUT2D eigenvalue weighted by atomic mass is 9.90. The second-order valence-electron chi connectivity index (χ2n) is 4.94. The predicted octanol–water partition coefficient (Wildman–Crippen LogP) is 2.51. The van der Waals surface area contributed by atoms with E-state index >= 15 is 0 Å². The molecule has 1 unspecified atom stereocenters. The van der Waals surface area contributed by atoms with Gasteiger partial charge in [0.05, 0.1) is 7.11 Å². The Balaban J connectivity index is 2.99. The number of aromatic nitrogens is 1. The fourth-order valence-corrected chi connectivity index (χ4v) is 2.04. The van der Waals surface area contributed by atoms with E-state index in [9.17, 15) is 5.11 Å². The number of hydrogen-bond donors (Lipinski definition) is 1. The fraction of sp³-hybridized carbons (Fsp3) is 0.643. The summed E-state index contributed by atoms with van der Waals surface area (Å²) in [5.41, 5.74) is 3.17. The van der Waals surface area contributed by atoms with Gasteiger partial charge in [-0.25, -0.2) is 0 Å². The van der Waals surface area contributed by atoms with Gasteiger partial charge in [-0.15, -0.1) is 0 Å². The largest absolute Gasteiger partial charge is 0.496 e. The van der Waals surface area contributed by atoms with Crippen LogP contribution in [0.25, 0.3) is 0 Å². The highest BCUT2D eigenvalue weighted by Crippen LogP contribution is 2.26. The normalized spacial score (nSPS) is 12.9. The van der Waals surface area contributed by atoms with Crippen LogP contribution < -0.4 is 4.74 Å². The van der Waals surface area contributed by atoms with E-state index in [1.54, 1.807) is 7.11 Å². The Hall–Kier alpha value is -1.09. The molecule has 3 heteroatoms. The van der Waals surface area contributed by atoms with Crippen molar-refractivity contribution >= 4 is 0 Å². The van der Waals surface area contributed by atoms with Crippen molar-refractivity contribution in [2.75, 3.05) is 13.7 Å². The van der Waals surface area contributed by atoms with Gasteiger partial charge in [-0.3, -0.25) is 4.98 Å². The molecule has 0 aromatic carbocycles. The van der Waals surface area contributed by atoms with Crippen molar-refractivity contribution in [3.05, 3.63) is 23.0 Å². The first-order valence-electron chi connectivity index (χ1n) is 6.11. The summed E-state index contributed by atoms with van der Waals surface area (Å²) < 4.78 is 5.39. The van der Waals surface area contributed by atoms with Crippen LogP contribution in [0, 0.1) is 25.7 Å². The number of aliphatic hydroxyl groups excluding tert-OH is 1. The lowest BCUT2D eigenvalue weighted by molar-refractivity contribution is 0.188. The molecule has 0 aliphatic carbocycles. The number of ether oxygens (including phenoxy) is 1. The highest BCUT2D eigenvalue weighted by Gasteiger charge is 2.17. The first-order chi connectivity index (χ1) is 8.01. The maximum Gasteiger partial charge on any atom is 0.128 e. The van der Waals surface area contributed by atoms with Crippen molar-refractivity contribution in [2.24, 2.45) is 11.8 Å². The summed E-state index contributed by atoms with van der Waals surface area (Å²) >= 11 is 0. The zero-order valence-corrected chi connectivity index (χ0v) is 11.4. The molecule has 96 valence electrons. The predicted molar refractivity (Wildman–Crippen MR) is 69.4 cm³/mol. The van der Waals surface area contributed by atoms with Crippen LogP contribution in [0.2, 0.25) is 0 Å². The van der Waals surface area contributed by atoms with Crippen molar-refractivity contribution < 1.29 is 9.84 Å². The molecule has 1 N–H and O–H groups in total. The lowest BCUT2D eigenvalue weighted by Gasteiger charge is -2.20. The molecule has 0 fully saturated rings. The Morgan fingerprint density at radius 3 is 2.47 bits per heavy atom. The van der Waals surface area contributed by atoms with Crippen LogP contribution in [0.1, 0.15) is 30.7 Å². The molecule has 0 aliphatic heterocycles. The van der Waals surface area contributed by atoms with Gasteiger partial charge in [0.1, 0.15) is 5.75 Å². The molecule has 0 amide bonds. The zero-order chi connectivity index (χ0) is 13.0. The minimum Gasteiger partial charge on any atom is -0.496 e. The van der Waals surface area contributed by atoms with Crippen molar-refractivity contribution in [3.63, 3.8) is 0 Å². The van der Waals surface area contributed by atoms with E-state index in [-0.39, 0.29) is 12.5 Å². The van der Waals surface area contributed by atoms with Gasteiger partial charge in [-0.1, -0.05) is 13.8 Å². The van der Waals surface area contributed by atoms with Gasteiger partial charge >= 0.3 is 0 Å². The van der Waals surface area contributed by atoms with E-state index in [1.165, 1.54) is 0 Å². The molecule has 0 bridgehead atoms. The molecular formula is C14H23NO2. The van der Waals surface area contributed by atoms with Gasteiger partial charge in [-0.2, -0.15) is 0 Å². The molecule has 0 spiro atoms. The summed E-state index contributed by atoms with van der Waals surface area (Å²) in [6.45, 7) is 8.48. The van der Waals surface area contributed by atoms with Crippen LogP contribution in [-0.2, 0) is 6.42 Å². The van der Waals surface area contributed by atoms with Gasteiger partial charge in [0.2, 0.25) is 0 Å². The highest BCUT2D eigenvalue weighted by molar-refractivity contribution is 5.41. The standard InChI is InChI=1S/C14H23NO2/c1-9(2)12(8-16)6-13-11(4)14(17-5)10(3)7-15-13/h7,9,12,16H,6,8H2,1-5H3. The van der Waals surface area contributed by atoms with Gasteiger partial charge in [-0.05, 0) is 32.1 Å². The molecule has 1 rings (SSSR count). The van der Waals surface area contributed by atoms with E-state index in [0.717, 1.165) is 29.0 Å². The summed E-state index contributed by atoms with van der Waals surface area (Å²) in [7, 11) is 1.69. The first kappa shape index (κ1) is 14.0. The van der Waals surface area contributed by atoms with Crippen LogP contribution in [0.5, 0.6) is 5.75 Å². The van der Waals surface area contributed by atoms with Crippen LogP contribution in [-0.4, -0.2) is 23.8 Å². The van der Waals surface area contributed by atoms with Crippen LogP contribution in [0.15, 0.2) is 6.20 Å². The summed E-state index contributed by atoms with van der Waals surface area (Å²) in [5.74, 6) is 1.62. The minimum atomic E-state index is 0.203. The van der Waals surface area contributed by atoms with E-state index in [1.807, 2.05) is 20.0 Å². The van der Waals surface area contributed by atoms with E-state index in [2.05, 4.69) is 18.8 Å². The number of aliphatic hydroxyl groups is 1. The Labute approximate surface area is 104 Å². The maximum absolute atomic E-state index is 9.37. The van der Waals surface area contributed by atoms with Gasteiger partial charge < -0.3 is 9.84 Å². The second-order valence-corrected chi connectivity index (χ2v) is 4.94. The molecule has 0 radical (unpaired) electrons. The van der Waals surface area contributed by atoms with Gasteiger partial charge in [0.25, 0.3) is 0 Å². The second kappa shape index (κ2) is 6.01. The Morgan fingerprint density at radius 2 is 2.00 bits per heavy atom. The first-order valence-corrected chi connectivity index (χ1v) is 6.11. The van der Waals surface area contributed by atoms with E-state index < -0.39 is 0 Å². The third kappa shape index (κ3) is 3.19.